The van der Waals surface area contributed by atoms with E-state index in [0.29, 0.717) is 17.2 Å². The van der Waals surface area contributed by atoms with Gasteiger partial charge in [0.1, 0.15) is 5.75 Å². The molecule has 5 heteroatoms. The van der Waals surface area contributed by atoms with Crippen LogP contribution in [0.1, 0.15) is 19.4 Å². The highest BCUT2D eigenvalue weighted by Gasteiger charge is 2.19. The molecule has 18 heavy (non-hydrogen) atoms. The van der Waals surface area contributed by atoms with Crippen LogP contribution in [-0.2, 0) is 16.0 Å². The number of benzene rings is 1. The number of rotatable bonds is 5. The summed E-state index contributed by atoms with van der Waals surface area (Å²) >= 11 is 6.09. The molecule has 0 aliphatic rings. The Morgan fingerprint density at radius 3 is 2.67 bits per heavy atom. The lowest BCUT2D eigenvalue weighted by Gasteiger charge is -2.17. The summed E-state index contributed by atoms with van der Waals surface area (Å²) < 4.78 is 10.2. The van der Waals surface area contributed by atoms with E-state index in [4.69, 9.17) is 22.1 Å². The molecule has 1 aromatic rings. The molecule has 100 valence electrons. The van der Waals surface area contributed by atoms with Crippen molar-refractivity contribution in [1.29, 1.82) is 0 Å². The predicted molar refractivity (Wildman–Crippen MR) is 70.9 cm³/mol. The molecule has 1 rings (SSSR count). The van der Waals surface area contributed by atoms with Crippen LogP contribution >= 0.6 is 11.6 Å². The Morgan fingerprint density at radius 2 is 2.11 bits per heavy atom. The van der Waals surface area contributed by atoms with Crippen LogP contribution in [0, 0.1) is 0 Å². The number of halogens is 1. The zero-order chi connectivity index (χ0) is 13.7. The molecule has 0 saturated heterocycles. The molecule has 0 spiro atoms. The molecule has 0 heterocycles. The van der Waals surface area contributed by atoms with Crippen LogP contribution in [0.3, 0.4) is 0 Å². The van der Waals surface area contributed by atoms with Gasteiger partial charge >= 0.3 is 5.97 Å². The number of methoxy groups -OCH3 is 1. The second-order valence-corrected chi connectivity index (χ2v) is 4.60. The van der Waals surface area contributed by atoms with Gasteiger partial charge in [-0.25, -0.2) is 4.79 Å². The van der Waals surface area contributed by atoms with Crippen molar-refractivity contribution in [3.63, 3.8) is 0 Å². The summed E-state index contributed by atoms with van der Waals surface area (Å²) in [7, 11) is 1.32. The van der Waals surface area contributed by atoms with Gasteiger partial charge in [-0.2, -0.15) is 0 Å². The zero-order valence-electron chi connectivity index (χ0n) is 10.8. The van der Waals surface area contributed by atoms with Crippen molar-refractivity contribution >= 4 is 17.6 Å². The Bertz CT molecular complexity index is 421. The van der Waals surface area contributed by atoms with Crippen LogP contribution < -0.4 is 10.5 Å². The van der Waals surface area contributed by atoms with Crippen LogP contribution in [0.2, 0.25) is 5.02 Å². The van der Waals surface area contributed by atoms with Crippen molar-refractivity contribution < 1.29 is 14.3 Å². The fraction of sp³-hybridized carbons (Fsp3) is 0.462. The smallest absolute Gasteiger partial charge is 0.346 e. The van der Waals surface area contributed by atoms with E-state index >= 15 is 0 Å². The van der Waals surface area contributed by atoms with E-state index in [1.807, 2.05) is 19.1 Å². The molecule has 2 N–H and O–H groups in total. The highest BCUT2D eigenvalue weighted by Crippen LogP contribution is 2.30. The average Bonchev–Trinajstić information content (AvgIpc) is 2.31. The maximum absolute atomic E-state index is 11.3. The summed E-state index contributed by atoms with van der Waals surface area (Å²) in [4.78, 5) is 11.3. The molecule has 0 amide bonds. The van der Waals surface area contributed by atoms with Crippen molar-refractivity contribution in [2.45, 2.75) is 32.4 Å². The molecular weight excluding hydrogens is 254 g/mol. The molecule has 0 bridgehead atoms. The Labute approximate surface area is 112 Å². The second-order valence-electron chi connectivity index (χ2n) is 4.19. The van der Waals surface area contributed by atoms with Gasteiger partial charge in [-0.1, -0.05) is 23.7 Å². The number of carbonyl (C=O) groups excluding carboxylic acids is 1. The van der Waals surface area contributed by atoms with Crippen molar-refractivity contribution in [3.8, 4) is 5.75 Å². The lowest BCUT2D eigenvalue weighted by atomic mass is 10.1. The predicted octanol–water partition coefficient (Wildman–Crippen LogP) is 2.17. The van der Waals surface area contributed by atoms with Gasteiger partial charge in [0, 0.05) is 6.04 Å². The van der Waals surface area contributed by atoms with Gasteiger partial charge in [0.2, 0.25) is 0 Å². The SMILES string of the molecule is COC(=O)C(C)Oc1c(Cl)cccc1CC(C)N. The summed E-state index contributed by atoms with van der Waals surface area (Å²) in [5, 5.41) is 0.462. The normalized spacial score (nSPS) is 13.8. The van der Waals surface area contributed by atoms with Gasteiger partial charge in [-0.3, -0.25) is 0 Å². The molecule has 1 aromatic carbocycles. The standard InChI is InChI=1S/C13H18ClNO3/c1-8(15)7-10-5-4-6-11(14)12(10)18-9(2)13(16)17-3/h4-6,8-9H,7,15H2,1-3H3. The van der Waals surface area contributed by atoms with E-state index < -0.39 is 12.1 Å². The number of hydrogen-bond donors (Lipinski definition) is 1. The first-order chi connectivity index (χ1) is 8.45. The summed E-state index contributed by atoms with van der Waals surface area (Å²) in [6.07, 6.45) is -0.0780. The van der Waals surface area contributed by atoms with Crippen LogP contribution in [0.4, 0.5) is 0 Å². The van der Waals surface area contributed by atoms with E-state index in [2.05, 4.69) is 4.74 Å². The third kappa shape index (κ3) is 3.89. The minimum absolute atomic E-state index is 0.0146. The number of esters is 1. The van der Waals surface area contributed by atoms with Gasteiger partial charge < -0.3 is 15.2 Å². The van der Waals surface area contributed by atoms with E-state index in [9.17, 15) is 4.79 Å². The number of carbonyl (C=O) groups is 1. The zero-order valence-corrected chi connectivity index (χ0v) is 11.5. The van der Waals surface area contributed by atoms with Gasteiger partial charge in [0.15, 0.2) is 6.10 Å². The quantitative estimate of drug-likeness (QED) is 0.834. The van der Waals surface area contributed by atoms with Crippen molar-refractivity contribution in [1.82, 2.24) is 0 Å². The van der Waals surface area contributed by atoms with Crippen LogP contribution in [0.5, 0.6) is 5.75 Å². The highest BCUT2D eigenvalue weighted by molar-refractivity contribution is 6.32. The fourth-order valence-corrected chi connectivity index (χ4v) is 1.82. The monoisotopic (exact) mass is 271 g/mol. The maximum Gasteiger partial charge on any atom is 0.346 e. The first-order valence-corrected chi connectivity index (χ1v) is 6.11. The average molecular weight is 272 g/mol. The van der Waals surface area contributed by atoms with E-state index in [1.165, 1.54) is 7.11 Å². The number of nitrogens with two attached hydrogens (primary N) is 1. The lowest BCUT2D eigenvalue weighted by molar-refractivity contribution is -0.147. The Hall–Kier alpha value is -1.26. The van der Waals surface area contributed by atoms with Crippen molar-refractivity contribution in [2.24, 2.45) is 5.73 Å². The Morgan fingerprint density at radius 1 is 1.44 bits per heavy atom. The molecule has 0 aromatic heterocycles. The minimum atomic E-state index is -0.707. The maximum atomic E-state index is 11.3. The molecule has 0 aliphatic carbocycles. The van der Waals surface area contributed by atoms with E-state index in [1.54, 1.807) is 13.0 Å². The molecule has 0 saturated carbocycles. The van der Waals surface area contributed by atoms with Crippen LogP contribution in [-0.4, -0.2) is 25.2 Å². The molecule has 0 radical (unpaired) electrons. The summed E-state index contributed by atoms with van der Waals surface area (Å²) in [6.45, 7) is 3.51. The lowest BCUT2D eigenvalue weighted by Crippen LogP contribution is -2.26. The first-order valence-electron chi connectivity index (χ1n) is 5.73. The molecule has 0 aliphatic heterocycles. The molecule has 2 atom stereocenters. The molecule has 0 fully saturated rings. The largest absolute Gasteiger partial charge is 0.477 e. The Kier molecular flexibility index (Phi) is 5.44. The number of para-hydroxylation sites is 1. The number of ether oxygens (including phenoxy) is 2. The van der Waals surface area contributed by atoms with E-state index in [0.717, 1.165) is 5.56 Å². The van der Waals surface area contributed by atoms with Gasteiger partial charge in [-0.15, -0.1) is 0 Å². The Balaban J connectivity index is 2.95. The fourth-order valence-electron chi connectivity index (χ4n) is 1.58. The second kappa shape index (κ2) is 6.61. The van der Waals surface area contributed by atoms with Gasteiger partial charge in [0.05, 0.1) is 12.1 Å². The molecular formula is C13H18ClNO3. The summed E-state index contributed by atoms with van der Waals surface area (Å²) in [5.41, 5.74) is 6.65. The van der Waals surface area contributed by atoms with E-state index in [-0.39, 0.29) is 6.04 Å². The summed E-state index contributed by atoms with van der Waals surface area (Å²) in [5.74, 6) is 0.0519. The third-order valence-corrected chi connectivity index (χ3v) is 2.72. The van der Waals surface area contributed by atoms with Gasteiger partial charge in [0.25, 0.3) is 0 Å². The number of hydrogen-bond acceptors (Lipinski definition) is 4. The van der Waals surface area contributed by atoms with Crippen molar-refractivity contribution in [2.75, 3.05) is 7.11 Å². The van der Waals surface area contributed by atoms with Crippen LogP contribution in [0.25, 0.3) is 0 Å². The molecule has 4 nitrogen and oxygen atoms in total. The minimum Gasteiger partial charge on any atom is -0.477 e. The van der Waals surface area contributed by atoms with Crippen molar-refractivity contribution in [3.05, 3.63) is 28.8 Å². The van der Waals surface area contributed by atoms with Crippen LogP contribution in [0.15, 0.2) is 18.2 Å². The highest BCUT2D eigenvalue weighted by atomic mass is 35.5. The third-order valence-electron chi connectivity index (χ3n) is 2.42. The summed E-state index contributed by atoms with van der Waals surface area (Å²) in [6, 6.07) is 5.41. The molecule has 2 unspecified atom stereocenters. The van der Waals surface area contributed by atoms with Gasteiger partial charge in [-0.05, 0) is 31.9 Å². The topological polar surface area (TPSA) is 61.5 Å². The first kappa shape index (κ1) is 14.8.